The first-order chi connectivity index (χ1) is 12.5. The first-order valence-corrected chi connectivity index (χ1v) is 10.3. The minimum absolute atomic E-state index is 0.157. The molecule has 2 heterocycles. The lowest BCUT2D eigenvalue weighted by molar-refractivity contribution is -0.139. The van der Waals surface area contributed by atoms with Crippen molar-refractivity contribution in [3.05, 3.63) is 35.6 Å². The molecule has 1 aromatic rings. The summed E-state index contributed by atoms with van der Waals surface area (Å²) in [5.41, 5.74) is 1.06. The van der Waals surface area contributed by atoms with Crippen LogP contribution in [0.5, 0.6) is 0 Å². The van der Waals surface area contributed by atoms with Gasteiger partial charge in [0, 0.05) is 25.0 Å². The third-order valence-corrected chi connectivity index (χ3v) is 6.17. The summed E-state index contributed by atoms with van der Waals surface area (Å²) in [6.07, 6.45) is 6.23. The number of nitrogens with zero attached hydrogens (tertiary/aromatic N) is 2. The Labute approximate surface area is 157 Å². The molecule has 0 aliphatic carbocycles. The van der Waals surface area contributed by atoms with Gasteiger partial charge < -0.3 is 9.80 Å². The molecule has 0 aromatic heterocycles. The summed E-state index contributed by atoms with van der Waals surface area (Å²) in [5.74, 6) is 0.984. The molecule has 1 unspecified atom stereocenters. The zero-order valence-electron chi connectivity index (χ0n) is 16.3. The van der Waals surface area contributed by atoms with Crippen LogP contribution in [0.1, 0.15) is 51.5 Å². The molecule has 4 heteroatoms. The van der Waals surface area contributed by atoms with Gasteiger partial charge >= 0.3 is 0 Å². The van der Waals surface area contributed by atoms with Gasteiger partial charge in [0.1, 0.15) is 5.82 Å². The van der Waals surface area contributed by atoms with E-state index in [9.17, 15) is 9.18 Å². The number of carbonyl (C=O) groups excluding carboxylic acids is 1. The standard InChI is InChI=1S/C22H33FN2O/c1-17(2)24-13-10-20(11-14-24)22(26)25-12-4-6-19(16-25)9-8-18-5-3-7-21(23)15-18/h3,5,7,15,17,19-20H,4,6,8-14,16H2,1-2H3. The first-order valence-electron chi connectivity index (χ1n) is 10.3. The van der Waals surface area contributed by atoms with Crippen LogP contribution < -0.4 is 0 Å². The molecule has 2 saturated heterocycles. The van der Waals surface area contributed by atoms with Gasteiger partial charge in [0.2, 0.25) is 5.91 Å². The van der Waals surface area contributed by atoms with Gasteiger partial charge in [0.25, 0.3) is 0 Å². The number of amides is 1. The zero-order chi connectivity index (χ0) is 18.5. The first kappa shape index (κ1) is 19.3. The van der Waals surface area contributed by atoms with Crippen molar-refractivity contribution >= 4 is 5.91 Å². The number of hydrogen-bond donors (Lipinski definition) is 0. The fourth-order valence-corrected chi connectivity index (χ4v) is 4.49. The van der Waals surface area contributed by atoms with E-state index in [4.69, 9.17) is 0 Å². The van der Waals surface area contributed by atoms with Crippen LogP contribution in [-0.4, -0.2) is 47.9 Å². The topological polar surface area (TPSA) is 23.6 Å². The Kier molecular flexibility index (Phi) is 6.68. The molecule has 1 amide bonds. The van der Waals surface area contributed by atoms with Crippen LogP contribution in [0.25, 0.3) is 0 Å². The van der Waals surface area contributed by atoms with E-state index in [1.165, 1.54) is 12.5 Å². The molecule has 26 heavy (non-hydrogen) atoms. The van der Waals surface area contributed by atoms with Gasteiger partial charge in [0.05, 0.1) is 0 Å². The van der Waals surface area contributed by atoms with Gasteiger partial charge in [-0.3, -0.25) is 4.79 Å². The lowest BCUT2D eigenvalue weighted by Crippen LogP contribution is -2.47. The maximum Gasteiger partial charge on any atom is 0.225 e. The number of rotatable bonds is 5. The molecule has 0 N–H and O–H groups in total. The second kappa shape index (κ2) is 8.98. The molecule has 0 saturated carbocycles. The quantitative estimate of drug-likeness (QED) is 0.789. The van der Waals surface area contributed by atoms with Crippen molar-refractivity contribution in [1.29, 1.82) is 0 Å². The van der Waals surface area contributed by atoms with Crippen molar-refractivity contribution in [2.45, 2.75) is 58.4 Å². The predicted octanol–water partition coefficient (Wildman–Crippen LogP) is 4.12. The molecule has 3 rings (SSSR count). The summed E-state index contributed by atoms with van der Waals surface area (Å²) in [6.45, 7) is 8.36. The van der Waals surface area contributed by atoms with Gasteiger partial charge in [-0.15, -0.1) is 0 Å². The fraction of sp³-hybridized carbons (Fsp3) is 0.682. The molecule has 0 bridgehead atoms. The van der Waals surface area contributed by atoms with Crippen LogP contribution in [-0.2, 0) is 11.2 Å². The van der Waals surface area contributed by atoms with E-state index >= 15 is 0 Å². The normalized spacial score (nSPS) is 22.8. The maximum atomic E-state index is 13.3. The average Bonchev–Trinajstić information content (AvgIpc) is 2.66. The van der Waals surface area contributed by atoms with E-state index in [-0.39, 0.29) is 11.7 Å². The zero-order valence-corrected chi connectivity index (χ0v) is 16.3. The van der Waals surface area contributed by atoms with E-state index in [0.717, 1.165) is 63.8 Å². The number of halogens is 1. The average molecular weight is 361 g/mol. The lowest BCUT2D eigenvalue weighted by Gasteiger charge is -2.39. The third kappa shape index (κ3) is 5.06. The summed E-state index contributed by atoms with van der Waals surface area (Å²) in [5, 5.41) is 0. The number of benzene rings is 1. The van der Waals surface area contributed by atoms with Crippen LogP contribution >= 0.6 is 0 Å². The molecular formula is C22H33FN2O. The number of aryl methyl sites for hydroxylation is 1. The molecule has 2 aliphatic rings. The van der Waals surface area contributed by atoms with Gasteiger partial charge in [-0.05, 0) is 89.1 Å². The van der Waals surface area contributed by atoms with Crippen LogP contribution in [0.4, 0.5) is 4.39 Å². The van der Waals surface area contributed by atoms with Gasteiger partial charge in [-0.2, -0.15) is 0 Å². The van der Waals surface area contributed by atoms with Gasteiger partial charge in [-0.1, -0.05) is 12.1 Å². The number of likely N-dealkylation sites (tertiary alicyclic amines) is 2. The molecule has 0 radical (unpaired) electrons. The number of piperidine rings is 2. The Morgan fingerprint density at radius 2 is 1.96 bits per heavy atom. The second-order valence-corrected chi connectivity index (χ2v) is 8.37. The SMILES string of the molecule is CC(C)N1CCC(C(=O)N2CCCC(CCc3cccc(F)c3)C2)CC1. The second-order valence-electron chi connectivity index (χ2n) is 8.37. The van der Waals surface area contributed by atoms with Gasteiger partial charge in [-0.25, -0.2) is 4.39 Å². The molecular weight excluding hydrogens is 327 g/mol. The smallest absolute Gasteiger partial charge is 0.225 e. The van der Waals surface area contributed by atoms with Crippen molar-refractivity contribution in [3.63, 3.8) is 0 Å². The Balaban J connectivity index is 1.48. The predicted molar refractivity (Wildman–Crippen MR) is 103 cm³/mol. The number of hydrogen-bond acceptors (Lipinski definition) is 2. The Morgan fingerprint density at radius 1 is 1.19 bits per heavy atom. The van der Waals surface area contributed by atoms with E-state index < -0.39 is 0 Å². The summed E-state index contributed by atoms with van der Waals surface area (Å²) < 4.78 is 13.3. The van der Waals surface area contributed by atoms with E-state index in [0.29, 0.717) is 17.9 Å². The van der Waals surface area contributed by atoms with E-state index in [1.54, 1.807) is 12.1 Å². The van der Waals surface area contributed by atoms with Crippen molar-refractivity contribution in [2.75, 3.05) is 26.2 Å². The van der Waals surface area contributed by atoms with Crippen molar-refractivity contribution in [1.82, 2.24) is 9.80 Å². The minimum Gasteiger partial charge on any atom is -0.342 e. The van der Waals surface area contributed by atoms with Crippen LogP contribution in [0.2, 0.25) is 0 Å². The Hall–Kier alpha value is -1.42. The molecule has 2 fully saturated rings. The van der Waals surface area contributed by atoms with Crippen molar-refractivity contribution in [3.8, 4) is 0 Å². The van der Waals surface area contributed by atoms with Crippen LogP contribution in [0.3, 0.4) is 0 Å². The largest absolute Gasteiger partial charge is 0.342 e. The van der Waals surface area contributed by atoms with Crippen LogP contribution in [0, 0.1) is 17.7 Å². The highest BCUT2D eigenvalue weighted by molar-refractivity contribution is 5.79. The molecule has 1 atom stereocenters. The summed E-state index contributed by atoms with van der Waals surface area (Å²) in [6, 6.07) is 7.49. The minimum atomic E-state index is -0.157. The number of carbonyl (C=O) groups is 1. The van der Waals surface area contributed by atoms with E-state index in [2.05, 4.69) is 23.6 Å². The Bertz CT molecular complexity index is 596. The lowest BCUT2D eigenvalue weighted by atomic mass is 9.89. The van der Waals surface area contributed by atoms with Crippen molar-refractivity contribution in [2.24, 2.45) is 11.8 Å². The third-order valence-electron chi connectivity index (χ3n) is 6.17. The summed E-state index contributed by atoms with van der Waals surface area (Å²) in [4.78, 5) is 17.5. The monoisotopic (exact) mass is 360 g/mol. The van der Waals surface area contributed by atoms with Gasteiger partial charge in [0.15, 0.2) is 0 Å². The maximum absolute atomic E-state index is 13.3. The summed E-state index contributed by atoms with van der Waals surface area (Å²) >= 11 is 0. The Morgan fingerprint density at radius 3 is 2.65 bits per heavy atom. The molecule has 3 nitrogen and oxygen atoms in total. The molecule has 144 valence electrons. The van der Waals surface area contributed by atoms with Crippen molar-refractivity contribution < 1.29 is 9.18 Å². The highest BCUT2D eigenvalue weighted by Gasteiger charge is 2.31. The highest BCUT2D eigenvalue weighted by Crippen LogP contribution is 2.26. The molecule has 0 spiro atoms. The fourth-order valence-electron chi connectivity index (χ4n) is 4.49. The molecule has 2 aliphatic heterocycles. The van der Waals surface area contributed by atoms with E-state index in [1.807, 2.05) is 6.07 Å². The summed E-state index contributed by atoms with van der Waals surface area (Å²) in [7, 11) is 0. The molecule has 1 aromatic carbocycles. The highest BCUT2D eigenvalue weighted by atomic mass is 19.1. The van der Waals surface area contributed by atoms with Crippen LogP contribution in [0.15, 0.2) is 24.3 Å².